The molecule has 2 aromatic rings. The molecule has 0 unspecified atom stereocenters. The van der Waals surface area contributed by atoms with Gasteiger partial charge in [0.1, 0.15) is 15.6 Å². The van der Waals surface area contributed by atoms with E-state index >= 15 is 0 Å². The van der Waals surface area contributed by atoms with Gasteiger partial charge in [-0.05, 0) is 73.8 Å². The average molecular weight is 498 g/mol. The molecule has 0 aliphatic heterocycles. The van der Waals surface area contributed by atoms with Gasteiger partial charge in [-0.25, -0.2) is 9.59 Å². The van der Waals surface area contributed by atoms with E-state index in [1.54, 1.807) is 33.8 Å². The van der Waals surface area contributed by atoms with E-state index in [1.165, 1.54) is 0 Å². The second kappa shape index (κ2) is 10.6. The maximum absolute atomic E-state index is 12.5. The summed E-state index contributed by atoms with van der Waals surface area (Å²) in [5.74, 6) is -1.13. The number of esters is 2. The van der Waals surface area contributed by atoms with Crippen LogP contribution in [0.3, 0.4) is 0 Å². The molecule has 1 amide bonds. The van der Waals surface area contributed by atoms with Gasteiger partial charge in [-0.2, -0.15) is 0 Å². The monoisotopic (exact) mass is 497 g/mol. The van der Waals surface area contributed by atoms with Crippen molar-refractivity contribution >= 4 is 50.1 Å². The third-order valence-corrected chi connectivity index (χ3v) is 5.66. The highest BCUT2D eigenvalue weighted by Gasteiger charge is 2.27. The van der Waals surface area contributed by atoms with E-state index in [0.29, 0.717) is 11.3 Å². The summed E-state index contributed by atoms with van der Waals surface area (Å²) in [6, 6.07) is 5.50. The molecule has 2 rings (SSSR count). The van der Waals surface area contributed by atoms with Gasteiger partial charge >= 0.3 is 11.9 Å². The van der Waals surface area contributed by atoms with Crippen LogP contribution in [-0.4, -0.2) is 37.2 Å². The summed E-state index contributed by atoms with van der Waals surface area (Å²) in [5, 5.41) is 2.87. The quantitative estimate of drug-likeness (QED) is 0.522. The van der Waals surface area contributed by atoms with Gasteiger partial charge in [0, 0.05) is 0 Å². The van der Waals surface area contributed by atoms with Gasteiger partial charge in [-0.3, -0.25) is 4.79 Å². The Bertz CT molecular complexity index is 953. The maximum Gasteiger partial charge on any atom is 0.348 e. The topological polar surface area (TPSA) is 90.9 Å². The van der Waals surface area contributed by atoms with Crippen molar-refractivity contribution in [3.63, 3.8) is 0 Å². The minimum absolute atomic E-state index is 0.141. The first-order valence-corrected chi connectivity index (χ1v) is 10.9. The van der Waals surface area contributed by atoms with Crippen LogP contribution in [0.1, 0.15) is 51.9 Å². The van der Waals surface area contributed by atoms with Crippen molar-refractivity contribution < 1.29 is 28.6 Å². The van der Waals surface area contributed by atoms with Crippen molar-refractivity contribution in [1.29, 1.82) is 0 Å². The molecule has 0 saturated carbocycles. The molecule has 0 atom stereocenters. The lowest BCUT2D eigenvalue weighted by Gasteiger charge is -2.10. The molecule has 30 heavy (non-hydrogen) atoms. The lowest BCUT2D eigenvalue weighted by Crippen LogP contribution is -2.21. The van der Waals surface area contributed by atoms with E-state index < -0.39 is 17.8 Å². The number of rotatable bonds is 8. The Morgan fingerprint density at radius 3 is 2.47 bits per heavy atom. The number of thiophene rings is 1. The minimum Gasteiger partial charge on any atom is -0.483 e. The van der Waals surface area contributed by atoms with E-state index in [4.69, 9.17) is 14.2 Å². The fourth-order valence-electron chi connectivity index (χ4n) is 2.54. The number of carbonyl (C=O) groups is 3. The number of ether oxygens (including phenoxy) is 3. The summed E-state index contributed by atoms with van der Waals surface area (Å²) in [4.78, 5) is 37.5. The first kappa shape index (κ1) is 23.9. The van der Waals surface area contributed by atoms with Gasteiger partial charge in [-0.1, -0.05) is 6.07 Å². The van der Waals surface area contributed by atoms with Crippen LogP contribution >= 0.6 is 27.3 Å². The van der Waals surface area contributed by atoms with E-state index in [1.807, 2.05) is 19.1 Å². The van der Waals surface area contributed by atoms with Crippen molar-refractivity contribution in [3.05, 3.63) is 44.2 Å². The predicted octanol–water partition coefficient (Wildman–Crippen LogP) is 4.89. The number of amides is 1. The van der Waals surface area contributed by atoms with Crippen LogP contribution in [0.25, 0.3) is 0 Å². The highest BCUT2D eigenvalue weighted by Crippen LogP contribution is 2.34. The summed E-state index contributed by atoms with van der Waals surface area (Å²) in [5.41, 5.74) is 1.59. The predicted molar refractivity (Wildman–Crippen MR) is 119 cm³/mol. The molecule has 1 aromatic heterocycles. The fraction of sp³-hybridized carbons (Fsp3) is 0.381. The number of halogens is 1. The second-order valence-electron chi connectivity index (χ2n) is 6.71. The molecule has 1 aromatic carbocycles. The Balaban J connectivity index is 2.22. The van der Waals surface area contributed by atoms with Crippen molar-refractivity contribution in [2.45, 2.75) is 40.7 Å². The van der Waals surface area contributed by atoms with Crippen LogP contribution < -0.4 is 10.1 Å². The smallest absolute Gasteiger partial charge is 0.348 e. The SMILES string of the molecule is CCOC(=O)c1c(NC(=O)COc2ccc(C)cc2Br)sc(C(=O)OC(C)C)c1C. The molecule has 1 N–H and O–H groups in total. The zero-order valence-electron chi connectivity index (χ0n) is 17.5. The first-order chi connectivity index (χ1) is 14.1. The lowest BCUT2D eigenvalue weighted by molar-refractivity contribution is -0.118. The average Bonchev–Trinajstić information content (AvgIpc) is 2.96. The second-order valence-corrected chi connectivity index (χ2v) is 8.58. The third kappa shape index (κ3) is 6.06. The number of aryl methyl sites for hydroxylation is 1. The molecule has 0 fully saturated rings. The van der Waals surface area contributed by atoms with Gasteiger partial charge in [0.2, 0.25) is 0 Å². The number of anilines is 1. The van der Waals surface area contributed by atoms with E-state index in [0.717, 1.165) is 21.4 Å². The number of hydrogen-bond acceptors (Lipinski definition) is 7. The highest BCUT2D eigenvalue weighted by molar-refractivity contribution is 9.10. The molecular weight excluding hydrogens is 474 g/mol. The Hall–Kier alpha value is -2.39. The van der Waals surface area contributed by atoms with Crippen molar-refractivity contribution in [1.82, 2.24) is 0 Å². The third-order valence-electron chi connectivity index (χ3n) is 3.85. The van der Waals surface area contributed by atoms with E-state index in [9.17, 15) is 14.4 Å². The van der Waals surface area contributed by atoms with Crippen LogP contribution in [0.4, 0.5) is 5.00 Å². The van der Waals surface area contributed by atoms with Gasteiger partial charge in [-0.15, -0.1) is 11.3 Å². The largest absolute Gasteiger partial charge is 0.483 e. The molecule has 162 valence electrons. The van der Waals surface area contributed by atoms with Crippen LogP contribution in [0.2, 0.25) is 0 Å². The molecule has 0 spiro atoms. The summed E-state index contributed by atoms with van der Waals surface area (Å²) in [6.07, 6.45) is -0.315. The fourth-order valence-corrected chi connectivity index (χ4v) is 4.24. The zero-order valence-corrected chi connectivity index (χ0v) is 19.9. The standard InChI is InChI=1S/C21H24BrNO6S/c1-6-27-20(25)17-13(5)18(21(26)29-11(2)3)30-19(17)23-16(24)10-28-15-8-7-12(4)9-14(15)22/h7-9,11H,6,10H2,1-5H3,(H,23,24). The Morgan fingerprint density at radius 1 is 1.17 bits per heavy atom. The van der Waals surface area contributed by atoms with E-state index in [-0.39, 0.29) is 34.8 Å². The lowest BCUT2D eigenvalue weighted by atomic mass is 10.1. The minimum atomic E-state index is -0.618. The molecule has 0 aliphatic rings. The summed E-state index contributed by atoms with van der Waals surface area (Å²) in [6.45, 7) is 8.60. The van der Waals surface area contributed by atoms with Crippen LogP contribution in [0.5, 0.6) is 5.75 Å². The van der Waals surface area contributed by atoms with Gasteiger partial charge in [0.15, 0.2) is 6.61 Å². The Morgan fingerprint density at radius 2 is 1.87 bits per heavy atom. The number of hydrogen-bond donors (Lipinski definition) is 1. The molecule has 0 aliphatic carbocycles. The van der Waals surface area contributed by atoms with Crippen LogP contribution in [-0.2, 0) is 14.3 Å². The summed E-state index contributed by atoms with van der Waals surface area (Å²) in [7, 11) is 0. The number of benzene rings is 1. The van der Waals surface area contributed by atoms with Crippen molar-refractivity contribution in [3.8, 4) is 5.75 Å². The molecule has 0 radical (unpaired) electrons. The van der Waals surface area contributed by atoms with Gasteiger partial charge in [0.05, 0.1) is 22.7 Å². The number of carbonyl (C=O) groups excluding carboxylic acids is 3. The van der Waals surface area contributed by atoms with Gasteiger partial charge < -0.3 is 19.5 Å². The summed E-state index contributed by atoms with van der Waals surface area (Å²) < 4.78 is 16.6. The Kier molecular flexibility index (Phi) is 8.43. The summed E-state index contributed by atoms with van der Waals surface area (Å²) >= 11 is 4.37. The molecular formula is C21H24BrNO6S. The maximum atomic E-state index is 12.5. The van der Waals surface area contributed by atoms with Crippen molar-refractivity contribution in [2.75, 3.05) is 18.5 Å². The Labute approximate surface area is 187 Å². The van der Waals surface area contributed by atoms with Crippen LogP contribution in [0.15, 0.2) is 22.7 Å². The zero-order chi connectivity index (χ0) is 22.4. The molecule has 0 bridgehead atoms. The molecule has 0 saturated heterocycles. The van der Waals surface area contributed by atoms with E-state index in [2.05, 4.69) is 21.2 Å². The molecule has 9 heteroatoms. The number of nitrogens with one attached hydrogen (secondary N) is 1. The molecule has 7 nitrogen and oxygen atoms in total. The normalized spacial score (nSPS) is 10.6. The highest BCUT2D eigenvalue weighted by atomic mass is 79.9. The van der Waals surface area contributed by atoms with Gasteiger partial charge in [0.25, 0.3) is 5.91 Å². The molecule has 1 heterocycles. The first-order valence-electron chi connectivity index (χ1n) is 9.34. The van der Waals surface area contributed by atoms with Crippen LogP contribution in [0, 0.1) is 13.8 Å². The van der Waals surface area contributed by atoms with Crippen molar-refractivity contribution in [2.24, 2.45) is 0 Å².